The predicted molar refractivity (Wildman–Crippen MR) is 126 cm³/mol. The zero-order valence-corrected chi connectivity index (χ0v) is 20.3. The SMILES string of the molecule is Cc1ccc(S(=O)(=O)n2nc(N3CC4CC3CN4C(=O)OC(C)(C)C)c3ccc(F)cc32)cc1. The van der Waals surface area contributed by atoms with Crippen LogP contribution in [0.2, 0.25) is 0 Å². The Balaban J connectivity index is 1.51. The number of halogens is 1. The Bertz CT molecular complexity index is 1380. The Morgan fingerprint density at radius 2 is 1.79 bits per heavy atom. The van der Waals surface area contributed by atoms with Crippen LogP contribution in [0.4, 0.5) is 15.0 Å². The fourth-order valence-corrected chi connectivity index (χ4v) is 6.00. The Labute approximate surface area is 198 Å². The molecule has 1 aromatic heterocycles. The summed E-state index contributed by atoms with van der Waals surface area (Å²) in [6.07, 6.45) is 0.388. The van der Waals surface area contributed by atoms with Crippen LogP contribution in [0, 0.1) is 12.7 Å². The van der Waals surface area contributed by atoms with Crippen molar-refractivity contribution in [2.75, 3.05) is 18.0 Å². The summed E-state index contributed by atoms with van der Waals surface area (Å²) < 4.78 is 47.5. The van der Waals surface area contributed by atoms with Gasteiger partial charge in [0.25, 0.3) is 10.0 Å². The molecule has 180 valence electrons. The number of hydrogen-bond donors (Lipinski definition) is 0. The van der Waals surface area contributed by atoms with Crippen LogP contribution in [0.1, 0.15) is 32.8 Å². The van der Waals surface area contributed by atoms with Crippen LogP contribution in [-0.4, -0.2) is 59.4 Å². The maximum Gasteiger partial charge on any atom is 0.410 e. The third-order valence-corrected chi connectivity index (χ3v) is 7.88. The van der Waals surface area contributed by atoms with Crippen molar-refractivity contribution in [3.05, 3.63) is 53.8 Å². The van der Waals surface area contributed by atoms with E-state index in [1.54, 1.807) is 23.1 Å². The monoisotopic (exact) mass is 486 g/mol. The molecule has 0 N–H and O–H groups in total. The lowest BCUT2D eigenvalue weighted by Crippen LogP contribution is -2.50. The summed E-state index contributed by atoms with van der Waals surface area (Å²) in [6, 6.07) is 10.4. The van der Waals surface area contributed by atoms with E-state index in [-0.39, 0.29) is 28.6 Å². The zero-order valence-electron chi connectivity index (χ0n) is 19.5. The molecule has 2 aliphatic heterocycles. The van der Waals surface area contributed by atoms with E-state index in [9.17, 15) is 17.6 Å². The quantitative estimate of drug-likeness (QED) is 0.558. The Morgan fingerprint density at radius 3 is 2.41 bits per heavy atom. The normalized spacial score (nSPS) is 20.4. The highest BCUT2D eigenvalue weighted by Gasteiger charge is 2.48. The molecule has 2 unspecified atom stereocenters. The molecule has 34 heavy (non-hydrogen) atoms. The van der Waals surface area contributed by atoms with E-state index >= 15 is 0 Å². The molecule has 8 nitrogen and oxygen atoms in total. The topological polar surface area (TPSA) is 84.7 Å². The number of carbonyl (C=O) groups excluding carboxylic acids is 1. The van der Waals surface area contributed by atoms with E-state index in [1.807, 2.05) is 32.6 Å². The van der Waals surface area contributed by atoms with E-state index in [4.69, 9.17) is 4.74 Å². The fourth-order valence-electron chi connectivity index (χ4n) is 4.72. The number of amides is 1. The molecule has 2 aromatic carbocycles. The maximum absolute atomic E-state index is 14.2. The molecule has 1 amide bonds. The van der Waals surface area contributed by atoms with Crippen molar-refractivity contribution in [1.29, 1.82) is 0 Å². The van der Waals surface area contributed by atoms with Crippen LogP contribution in [0.3, 0.4) is 0 Å². The van der Waals surface area contributed by atoms with Gasteiger partial charge in [0.05, 0.1) is 22.5 Å². The summed E-state index contributed by atoms with van der Waals surface area (Å²) in [4.78, 5) is 16.4. The van der Waals surface area contributed by atoms with Crippen molar-refractivity contribution in [3.63, 3.8) is 0 Å². The predicted octanol–water partition coefficient (Wildman–Crippen LogP) is 3.92. The molecule has 3 heterocycles. The molecule has 5 rings (SSSR count). The van der Waals surface area contributed by atoms with Crippen molar-refractivity contribution in [1.82, 2.24) is 14.1 Å². The zero-order chi connectivity index (χ0) is 24.4. The number of nitrogens with zero attached hydrogens (tertiary/aromatic N) is 4. The Kier molecular flexibility index (Phi) is 5.12. The van der Waals surface area contributed by atoms with Gasteiger partial charge < -0.3 is 14.5 Å². The van der Waals surface area contributed by atoms with E-state index < -0.39 is 21.4 Å². The first-order valence-electron chi connectivity index (χ1n) is 11.2. The van der Waals surface area contributed by atoms with Crippen LogP contribution in [0.5, 0.6) is 0 Å². The number of hydrogen-bond acceptors (Lipinski definition) is 6. The first kappa shape index (κ1) is 22.6. The highest BCUT2D eigenvalue weighted by atomic mass is 32.2. The first-order chi connectivity index (χ1) is 15.9. The molecule has 2 bridgehead atoms. The minimum absolute atomic E-state index is 0.0313. The number of likely N-dealkylation sites (tertiary alicyclic amines) is 1. The van der Waals surface area contributed by atoms with Crippen molar-refractivity contribution >= 4 is 32.8 Å². The number of carbonyl (C=O) groups is 1. The van der Waals surface area contributed by atoms with Crippen molar-refractivity contribution < 1.29 is 22.3 Å². The lowest BCUT2D eigenvalue weighted by molar-refractivity contribution is 0.0214. The largest absolute Gasteiger partial charge is 0.444 e. The summed E-state index contributed by atoms with van der Waals surface area (Å²) in [5, 5.41) is 5.03. The van der Waals surface area contributed by atoms with Gasteiger partial charge in [-0.3, -0.25) is 0 Å². The number of fused-ring (bicyclic) bond motifs is 3. The molecule has 10 heteroatoms. The lowest BCUT2D eigenvalue weighted by atomic mass is 10.2. The third-order valence-electron chi connectivity index (χ3n) is 6.28. The second-order valence-corrected chi connectivity index (χ2v) is 11.7. The molecule has 2 saturated heterocycles. The summed E-state index contributed by atoms with van der Waals surface area (Å²) in [5.74, 6) is -0.0691. The third kappa shape index (κ3) is 3.79. The number of piperazine rings is 1. The average molecular weight is 487 g/mol. The minimum Gasteiger partial charge on any atom is -0.444 e. The van der Waals surface area contributed by atoms with Crippen LogP contribution in [0.15, 0.2) is 47.4 Å². The number of aromatic nitrogens is 2. The first-order valence-corrected chi connectivity index (χ1v) is 12.6. The summed E-state index contributed by atoms with van der Waals surface area (Å²) in [6.45, 7) is 8.32. The highest BCUT2D eigenvalue weighted by molar-refractivity contribution is 7.90. The molecular weight excluding hydrogens is 459 g/mol. The number of rotatable bonds is 3. The molecule has 0 aliphatic carbocycles. The van der Waals surface area contributed by atoms with E-state index in [2.05, 4.69) is 5.10 Å². The van der Waals surface area contributed by atoms with Gasteiger partial charge >= 0.3 is 6.09 Å². The molecule has 3 aromatic rings. The van der Waals surface area contributed by atoms with Crippen LogP contribution in [0.25, 0.3) is 10.9 Å². The standard InChI is InChI=1S/C24H27FN4O4S/c1-15-5-8-19(9-6-15)34(31,32)29-21-11-16(25)7-10-20(21)22(26-29)27-13-18-12-17(27)14-28(18)23(30)33-24(2,3)4/h5-11,17-18H,12-14H2,1-4H3. The number of aryl methyl sites for hydroxylation is 1. The van der Waals surface area contributed by atoms with Gasteiger partial charge in [-0.15, -0.1) is 5.10 Å². The molecule has 2 fully saturated rings. The lowest BCUT2D eigenvalue weighted by Gasteiger charge is -2.35. The second kappa shape index (κ2) is 7.69. The smallest absolute Gasteiger partial charge is 0.410 e. The van der Waals surface area contributed by atoms with Gasteiger partial charge in [-0.05, 0) is 58.4 Å². The Hall–Kier alpha value is -3.14. The van der Waals surface area contributed by atoms with Crippen LogP contribution in [-0.2, 0) is 14.8 Å². The molecule has 0 saturated carbocycles. The van der Waals surface area contributed by atoms with E-state index in [1.165, 1.54) is 24.3 Å². The van der Waals surface area contributed by atoms with Gasteiger partial charge in [0.1, 0.15) is 11.4 Å². The summed E-state index contributed by atoms with van der Waals surface area (Å²) in [7, 11) is -4.04. The summed E-state index contributed by atoms with van der Waals surface area (Å²) in [5.41, 5.74) is 0.531. The molecule has 0 radical (unpaired) electrons. The molecular formula is C24H27FN4O4S. The average Bonchev–Trinajstić information content (AvgIpc) is 3.45. The molecule has 0 spiro atoms. The van der Waals surface area contributed by atoms with Gasteiger partial charge in [0.2, 0.25) is 0 Å². The number of anilines is 1. The van der Waals surface area contributed by atoms with Gasteiger partial charge in [-0.2, -0.15) is 12.5 Å². The highest BCUT2D eigenvalue weighted by Crippen LogP contribution is 2.39. The molecule has 2 aliphatic rings. The van der Waals surface area contributed by atoms with E-state index in [0.717, 1.165) is 16.1 Å². The fraction of sp³-hybridized carbons (Fsp3) is 0.417. The number of benzene rings is 2. The Morgan fingerprint density at radius 1 is 1.09 bits per heavy atom. The van der Waals surface area contributed by atoms with Crippen LogP contribution >= 0.6 is 0 Å². The van der Waals surface area contributed by atoms with Gasteiger partial charge in [0.15, 0.2) is 5.82 Å². The van der Waals surface area contributed by atoms with Crippen molar-refractivity contribution in [3.8, 4) is 0 Å². The maximum atomic E-state index is 14.2. The van der Waals surface area contributed by atoms with Crippen LogP contribution < -0.4 is 4.90 Å². The molecule has 2 atom stereocenters. The van der Waals surface area contributed by atoms with Crippen molar-refractivity contribution in [2.24, 2.45) is 0 Å². The van der Waals surface area contributed by atoms with Gasteiger partial charge in [0, 0.05) is 24.5 Å². The minimum atomic E-state index is -4.04. The van der Waals surface area contributed by atoms with Gasteiger partial charge in [-0.1, -0.05) is 17.7 Å². The van der Waals surface area contributed by atoms with Crippen molar-refractivity contribution in [2.45, 2.75) is 56.7 Å². The van der Waals surface area contributed by atoms with Gasteiger partial charge in [-0.25, -0.2) is 9.18 Å². The second-order valence-electron chi connectivity index (χ2n) is 9.97. The summed E-state index contributed by atoms with van der Waals surface area (Å²) >= 11 is 0. The number of ether oxygens (including phenoxy) is 1. The van der Waals surface area contributed by atoms with E-state index in [0.29, 0.717) is 24.3 Å².